The number of aliphatic hydroxyl groups excluding tert-OH is 5. The molecule has 0 aromatic carbocycles. The van der Waals surface area contributed by atoms with E-state index in [-0.39, 0.29) is 13.0 Å². The van der Waals surface area contributed by atoms with Gasteiger partial charge in [-0.1, -0.05) is 258 Å². The summed E-state index contributed by atoms with van der Waals surface area (Å²) < 4.78 is 34.4. The highest BCUT2D eigenvalue weighted by atomic mass is 31.2. The Kier molecular flexibility index (Phi) is 43.4. The largest absolute Gasteiger partial charge is 0.472 e. The molecule has 67 heavy (non-hydrogen) atoms. The van der Waals surface area contributed by atoms with Crippen molar-refractivity contribution >= 4 is 13.8 Å². The first-order valence-electron chi connectivity index (χ1n) is 28.4. The smallest absolute Gasteiger partial charge is 0.457 e. The topological polar surface area (TPSA) is 192 Å². The van der Waals surface area contributed by atoms with Crippen molar-refractivity contribution in [3.8, 4) is 0 Å². The molecule has 1 fully saturated rings. The van der Waals surface area contributed by atoms with Crippen molar-refractivity contribution in [2.45, 2.75) is 320 Å². The number of ether oxygens (including phenoxy) is 2. The first-order chi connectivity index (χ1) is 32.5. The number of phosphoric acid groups is 1. The Hall–Kier alpha value is -0.660. The lowest BCUT2D eigenvalue weighted by Gasteiger charge is -2.41. The van der Waals surface area contributed by atoms with E-state index in [1.807, 2.05) is 0 Å². The van der Waals surface area contributed by atoms with Gasteiger partial charge in [0.1, 0.15) is 42.7 Å². The molecule has 13 heteroatoms. The normalized spacial score (nSPS) is 21.1. The third kappa shape index (κ3) is 36.9. The summed E-state index contributed by atoms with van der Waals surface area (Å²) in [6.45, 7) is 4.34. The molecular formula is C54H107O12P. The van der Waals surface area contributed by atoms with E-state index in [0.29, 0.717) is 13.0 Å². The minimum Gasteiger partial charge on any atom is -0.457 e. The zero-order valence-electron chi connectivity index (χ0n) is 43.2. The van der Waals surface area contributed by atoms with Gasteiger partial charge in [-0.15, -0.1) is 0 Å². The molecule has 1 saturated carbocycles. The highest BCUT2D eigenvalue weighted by molar-refractivity contribution is 7.47. The lowest BCUT2D eigenvalue weighted by Crippen LogP contribution is -2.64. The molecule has 12 nitrogen and oxygen atoms in total. The van der Waals surface area contributed by atoms with Crippen molar-refractivity contribution in [1.82, 2.24) is 0 Å². The maximum Gasteiger partial charge on any atom is 0.472 e. The number of carbonyl (C=O) groups excluding carboxylic acids is 1. The number of rotatable bonds is 50. The van der Waals surface area contributed by atoms with E-state index >= 15 is 0 Å². The molecule has 0 heterocycles. The molecule has 0 aromatic heterocycles. The average molecular weight is 979 g/mol. The van der Waals surface area contributed by atoms with Gasteiger partial charge in [-0.3, -0.25) is 13.8 Å². The summed E-state index contributed by atoms with van der Waals surface area (Å²) in [7, 11) is -5.02. The Balaban J connectivity index is 2.27. The predicted molar refractivity (Wildman–Crippen MR) is 272 cm³/mol. The maximum absolute atomic E-state index is 12.9. The molecule has 6 unspecified atom stereocenters. The van der Waals surface area contributed by atoms with Gasteiger partial charge in [0, 0.05) is 13.0 Å². The molecule has 400 valence electrons. The summed E-state index contributed by atoms with van der Waals surface area (Å²) in [5.41, 5.74) is 0. The van der Waals surface area contributed by atoms with Crippen LogP contribution in [0, 0.1) is 0 Å². The van der Waals surface area contributed by atoms with Gasteiger partial charge in [-0.25, -0.2) is 4.57 Å². The molecule has 1 aliphatic rings. The molecule has 0 saturated heterocycles. The summed E-state index contributed by atoms with van der Waals surface area (Å²) >= 11 is 0. The van der Waals surface area contributed by atoms with Crippen LogP contribution in [-0.2, 0) is 27.9 Å². The second-order valence-electron chi connectivity index (χ2n) is 20.2. The highest BCUT2D eigenvalue weighted by Crippen LogP contribution is 2.47. The van der Waals surface area contributed by atoms with Crippen LogP contribution in [0.4, 0.5) is 0 Å². The van der Waals surface area contributed by atoms with Crippen LogP contribution < -0.4 is 0 Å². The van der Waals surface area contributed by atoms with Gasteiger partial charge in [0.25, 0.3) is 0 Å². The summed E-state index contributed by atoms with van der Waals surface area (Å²) in [6.07, 6.45) is 38.9. The fourth-order valence-electron chi connectivity index (χ4n) is 9.24. The first kappa shape index (κ1) is 64.4. The van der Waals surface area contributed by atoms with Crippen LogP contribution in [-0.4, -0.2) is 98.9 Å². The Morgan fingerprint density at radius 1 is 0.418 bits per heavy atom. The second kappa shape index (κ2) is 45.2. The van der Waals surface area contributed by atoms with Crippen molar-refractivity contribution in [2.24, 2.45) is 0 Å². The van der Waals surface area contributed by atoms with E-state index in [0.717, 1.165) is 38.5 Å². The minimum atomic E-state index is -5.02. The highest BCUT2D eigenvalue weighted by Gasteiger charge is 2.51. The summed E-state index contributed by atoms with van der Waals surface area (Å²) in [6, 6.07) is 0. The summed E-state index contributed by atoms with van der Waals surface area (Å²) in [5.74, 6) is -0.467. The van der Waals surface area contributed by atoms with Gasteiger partial charge in [0.15, 0.2) is 0 Å². The molecule has 0 aliphatic heterocycles. The lowest BCUT2D eigenvalue weighted by atomic mass is 9.85. The lowest BCUT2D eigenvalue weighted by molar-refractivity contribution is -0.220. The fourth-order valence-corrected chi connectivity index (χ4v) is 10.2. The van der Waals surface area contributed by atoms with Gasteiger partial charge >= 0.3 is 13.8 Å². The van der Waals surface area contributed by atoms with Crippen molar-refractivity contribution in [3.05, 3.63) is 0 Å². The Morgan fingerprint density at radius 3 is 1.03 bits per heavy atom. The predicted octanol–water partition coefficient (Wildman–Crippen LogP) is 13.3. The second-order valence-corrected chi connectivity index (χ2v) is 21.6. The van der Waals surface area contributed by atoms with E-state index < -0.39 is 63.1 Å². The van der Waals surface area contributed by atoms with Crippen LogP contribution in [0.5, 0.6) is 0 Å². The van der Waals surface area contributed by atoms with Crippen LogP contribution in [0.2, 0.25) is 0 Å². The molecule has 1 rings (SSSR count). The molecule has 0 spiro atoms. The van der Waals surface area contributed by atoms with Crippen molar-refractivity contribution in [3.63, 3.8) is 0 Å². The molecule has 1 aliphatic carbocycles. The van der Waals surface area contributed by atoms with E-state index in [4.69, 9.17) is 18.5 Å². The van der Waals surface area contributed by atoms with Crippen LogP contribution >= 0.6 is 7.82 Å². The zero-order chi connectivity index (χ0) is 49.1. The van der Waals surface area contributed by atoms with Crippen molar-refractivity contribution in [1.29, 1.82) is 0 Å². The van der Waals surface area contributed by atoms with Crippen LogP contribution in [0.3, 0.4) is 0 Å². The maximum atomic E-state index is 12.9. The molecule has 0 radical (unpaired) electrons. The molecule has 6 atom stereocenters. The van der Waals surface area contributed by atoms with Gasteiger partial charge < -0.3 is 39.9 Å². The van der Waals surface area contributed by atoms with Crippen molar-refractivity contribution in [2.75, 3.05) is 19.8 Å². The Labute approximate surface area is 410 Å². The summed E-state index contributed by atoms with van der Waals surface area (Å²) in [5, 5.41) is 50.4. The van der Waals surface area contributed by atoms with E-state index in [2.05, 4.69) is 13.8 Å². The zero-order valence-corrected chi connectivity index (χ0v) is 44.1. The Bertz CT molecular complexity index is 1120. The quantitative estimate of drug-likeness (QED) is 0.0192. The fraction of sp³-hybridized carbons (Fsp3) is 0.981. The number of hydrogen-bond acceptors (Lipinski definition) is 11. The third-order valence-corrected chi connectivity index (χ3v) is 14.7. The molecule has 6 N–H and O–H groups in total. The van der Waals surface area contributed by atoms with E-state index in [9.17, 15) is 39.8 Å². The molecular weight excluding hydrogens is 872 g/mol. The number of phosphoric ester groups is 1. The van der Waals surface area contributed by atoms with Gasteiger partial charge in [0.05, 0.1) is 13.2 Å². The van der Waals surface area contributed by atoms with Crippen LogP contribution in [0.15, 0.2) is 0 Å². The third-order valence-electron chi connectivity index (χ3n) is 13.7. The molecule has 0 aromatic rings. The summed E-state index contributed by atoms with van der Waals surface area (Å²) in [4.78, 5) is 23.3. The Morgan fingerprint density at radius 2 is 0.701 bits per heavy atom. The number of hydrogen-bond donors (Lipinski definition) is 6. The van der Waals surface area contributed by atoms with Crippen LogP contribution in [0.1, 0.15) is 277 Å². The van der Waals surface area contributed by atoms with Gasteiger partial charge in [-0.2, -0.15) is 0 Å². The number of carbonyl (C=O) groups is 1. The minimum absolute atomic E-state index is 0.0670. The van der Waals surface area contributed by atoms with Gasteiger partial charge in [-0.05, 0) is 12.8 Å². The monoisotopic (exact) mass is 979 g/mol. The van der Waals surface area contributed by atoms with E-state index in [1.54, 1.807) is 0 Å². The van der Waals surface area contributed by atoms with Crippen molar-refractivity contribution < 1.29 is 58.3 Å². The number of aliphatic hydroxyl groups is 5. The standard InChI is InChI=1S/C54H107O12P/c1-3-5-7-9-11-13-15-17-19-21-23-24-26-28-30-32-34-36-38-40-42-44-63-45-47(46-64-67(61,62)66-54-52(59)50(57)49(56)51(58)53(54)60)65-48(55)43-41-39-37-35-33-31-29-27-25-22-20-18-16-14-12-10-8-6-4-2/h47,49-54,56-60H,3-46H2,1-2H3,(H,61,62). The number of esters is 1. The average Bonchev–Trinajstić information content (AvgIpc) is 3.31. The number of unbranched alkanes of at least 4 members (excludes halogenated alkanes) is 38. The first-order valence-corrected chi connectivity index (χ1v) is 29.9. The molecule has 0 amide bonds. The van der Waals surface area contributed by atoms with Gasteiger partial charge in [0.2, 0.25) is 0 Å². The SMILES string of the molecule is CCCCCCCCCCCCCCCCCCCCCCCOCC(COP(=O)(O)OC1C(O)C(O)C(O)C(O)C1O)OC(=O)CCCCCCCCCCCCCCCCCCCCC. The van der Waals surface area contributed by atoms with E-state index in [1.165, 1.54) is 212 Å². The molecule has 0 bridgehead atoms. The van der Waals surface area contributed by atoms with Crippen LogP contribution in [0.25, 0.3) is 0 Å².